The quantitative estimate of drug-likeness (QED) is 0.834. The molecule has 1 aliphatic heterocycles. The Labute approximate surface area is 113 Å². The summed E-state index contributed by atoms with van der Waals surface area (Å²) in [4.78, 5) is 22.2. The van der Waals surface area contributed by atoms with E-state index in [0.29, 0.717) is 0 Å². The average Bonchev–Trinajstić information content (AvgIpc) is 2.39. The van der Waals surface area contributed by atoms with E-state index in [2.05, 4.69) is 20.2 Å². The SMILES string of the molecule is CC(CN1CCCCC1)NC(=O)c1cncc(N)n1. The highest BCUT2D eigenvalue weighted by Crippen LogP contribution is 2.09. The number of likely N-dealkylation sites (tertiary alicyclic amines) is 1. The van der Waals surface area contributed by atoms with Gasteiger partial charge >= 0.3 is 0 Å². The first-order valence-electron chi connectivity index (χ1n) is 6.76. The minimum atomic E-state index is -0.218. The van der Waals surface area contributed by atoms with E-state index in [1.54, 1.807) is 0 Å². The number of nitrogen functional groups attached to an aromatic ring is 1. The van der Waals surface area contributed by atoms with E-state index in [1.807, 2.05) is 6.92 Å². The number of piperidine rings is 1. The van der Waals surface area contributed by atoms with E-state index < -0.39 is 0 Å². The molecule has 1 aromatic heterocycles. The van der Waals surface area contributed by atoms with Crippen LogP contribution in [0.4, 0.5) is 5.82 Å². The number of carbonyl (C=O) groups excluding carboxylic acids is 1. The van der Waals surface area contributed by atoms with Crippen LogP contribution in [-0.2, 0) is 0 Å². The monoisotopic (exact) mass is 263 g/mol. The van der Waals surface area contributed by atoms with Crippen molar-refractivity contribution in [1.29, 1.82) is 0 Å². The zero-order valence-corrected chi connectivity index (χ0v) is 11.3. The maximum absolute atomic E-state index is 12.0. The maximum atomic E-state index is 12.0. The molecule has 0 saturated carbocycles. The molecule has 1 fully saturated rings. The molecular formula is C13H21N5O. The number of nitrogens with zero attached hydrogens (tertiary/aromatic N) is 3. The summed E-state index contributed by atoms with van der Waals surface area (Å²) in [5.41, 5.74) is 5.78. The van der Waals surface area contributed by atoms with Gasteiger partial charge in [0.1, 0.15) is 11.5 Å². The maximum Gasteiger partial charge on any atom is 0.271 e. The van der Waals surface area contributed by atoms with E-state index in [-0.39, 0.29) is 23.5 Å². The van der Waals surface area contributed by atoms with Gasteiger partial charge in [-0.3, -0.25) is 9.78 Å². The lowest BCUT2D eigenvalue weighted by Crippen LogP contribution is -2.43. The van der Waals surface area contributed by atoms with E-state index in [1.165, 1.54) is 31.7 Å². The van der Waals surface area contributed by atoms with Crippen molar-refractivity contribution in [3.8, 4) is 0 Å². The van der Waals surface area contributed by atoms with E-state index in [0.717, 1.165) is 19.6 Å². The van der Waals surface area contributed by atoms with E-state index in [4.69, 9.17) is 5.73 Å². The van der Waals surface area contributed by atoms with Crippen LogP contribution in [0.1, 0.15) is 36.7 Å². The fraction of sp³-hybridized carbons (Fsp3) is 0.615. The number of hydrogen-bond acceptors (Lipinski definition) is 5. The fourth-order valence-corrected chi connectivity index (χ4v) is 2.36. The number of nitrogens with one attached hydrogen (secondary N) is 1. The molecule has 0 bridgehead atoms. The van der Waals surface area contributed by atoms with Crippen LogP contribution in [-0.4, -0.2) is 46.5 Å². The minimum Gasteiger partial charge on any atom is -0.382 e. The molecule has 1 unspecified atom stereocenters. The number of aromatic nitrogens is 2. The third-order valence-electron chi connectivity index (χ3n) is 3.24. The van der Waals surface area contributed by atoms with Gasteiger partial charge in [-0.1, -0.05) is 6.42 Å². The summed E-state index contributed by atoms with van der Waals surface area (Å²) in [6.07, 6.45) is 6.67. The highest BCUT2D eigenvalue weighted by Gasteiger charge is 2.16. The van der Waals surface area contributed by atoms with Crippen LogP contribution < -0.4 is 11.1 Å². The molecule has 1 aromatic rings. The van der Waals surface area contributed by atoms with Gasteiger partial charge in [0, 0.05) is 12.6 Å². The van der Waals surface area contributed by atoms with Crippen molar-refractivity contribution < 1.29 is 4.79 Å². The van der Waals surface area contributed by atoms with Crippen molar-refractivity contribution in [2.75, 3.05) is 25.4 Å². The number of rotatable bonds is 4. The molecule has 3 N–H and O–H groups in total. The molecule has 0 aliphatic carbocycles. The standard InChI is InChI=1S/C13H21N5O/c1-10(9-18-5-3-2-4-6-18)16-13(19)11-7-15-8-12(14)17-11/h7-8,10H,2-6,9H2,1H3,(H2,14,17)(H,16,19). The molecule has 2 heterocycles. The first-order valence-corrected chi connectivity index (χ1v) is 6.76. The van der Waals surface area contributed by atoms with Crippen LogP contribution in [0, 0.1) is 0 Å². The van der Waals surface area contributed by atoms with Crippen molar-refractivity contribution in [3.63, 3.8) is 0 Å². The number of amides is 1. The molecule has 6 heteroatoms. The van der Waals surface area contributed by atoms with Crippen LogP contribution in [0.2, 0.25) is 0 Å². The van der Waals surface area contributed by atoms with Crippen LogP contribution in [0.5, 0.6) is 0 Å². The van der Waals surface area contributed by atoms with Gasteiger partial charge in [0.15, 0.2) is 0 Å². The van der Waals surface area contributed by atoms with E-state index in [9.17, 15) is 4.79 Å². The summed E-state index contributed by atoms with van der Waals surface area (Å²) in [6, 6.07) is 0.0915. The third kappa shape index (κ3) is 4.17. The Morgan fingerprint density at radius 1 is 1.42 bits per heavy atom. The minimum absolute atomic E-state index is 0.0915. The summed E-state index contributed by atoms with van der Waals surface area (Å²) >= 11 is 0. The van der Waals surface area contributed by atoms with Gasteiger partial charge in [0.05, 0.1) is 12.4 Å². The van der Waals surface area contributed by atoms with Gasteiger partial charge in [-0.15, -0.1) is 0 Å². The second-order valence-corrected chi connectivity index (χ2v) is 5.06. The molecule has 6 nitrogen and oxygen atoms in total. The predicted octanol–water partition coefficient (Wildman–Crippen LogP) is 0.663. The van der Waals surface area contributed by atoms with Crippen LogP contribution in [0.3, 0.4) is 0 Å². The number of anilines is 1. The van der Waals surface area contributed by atoms with Gasteiger partial charge < -0.3 is 16.0 Å². The molecule has 1 atom stereocenters. The summed E-state index contributed by atoms with van der Waals surface area (Å²) in [5, 5.41) is 2.93. The van der Waals surface area contributed by atoms with E-state index >= 15 is 0 Å². The molecule has 2 rings (SSSR count). The lowest BCUT2D eigenvalue weighted by atomic mass is 10.1. The highest BCUT2D eigenvalue weighted by molar-refractivity contribution is 5.92. The summed E-state index contributed by atoms with van der Waals surface area (Å²) in [5.74, 6) is 0.0423. The van der Waals surface area contributed by atoms with Gasteiger partial charge in [-0.05, 0) is 32.9 Å². The van der Waals surface area contributed by atoms with Crippen LogP contribution in [0.25, 0.3) is 0 Å². The smallest absolute Gasteiger partial charge is 0.271 e. The second-order valence-electron chi connectivity index (χ2n) is 5.06. The van der Waals surface area contributed by atoms with Gasteiger partial charge in [-0.25, -0.2) is 4.98 Å². The summed E-state index contributed by atoms with van der Waals surface area (Å²) < 4.78 is 0. The third-order valence-corrected chi connectivity index (χ3v) is 3.24. The molecule has 0 aromatic carbocycles. The molecule has 19 heavy (non-hydrogen) atoms. The topological polar surface area (TPSA) is 84.1 Å². The zero-order valence-electron chi connectivity index (χ0n) is 11.3. The lowest BCUT2D eigenvalue weighted by Gasteiger charge is -2.29. The Kier molecular flexibility index (Phi) is 4.68. The number of hydrogen-bond donors (Lipinski definition) is 2. The Morgan fingerprint density at radius 2 is 2.16 bits per heavy atom. The molecule has 104 valence electrons. The Morgan fingerprint density at radius 3 is 2.84 bits per heavy atom. The van der Waals surface area contributed by atoms with Crippen LogP contribution >= 0.6 is 0 Å². The first-order chi connectivity index (χ1) is 9.15. The van der Waals surface area contributed by atoms with Crippen molar-refractivity contribution in [2.45, 2.75) is 32.2 Å². The number of carbonyl (C=O) groups is 1. The average molecular weight is 263 g/mol. The normalized spacial score (nSPS) is 17.9. The van der Waals surface area contributed by atoms with Crippen molar-refractivity contribution in [1.82, 2.24) is 20.2 Å². The largest absolute Gasteiger partial charge is 0.382 e. The molecule has 1 aliphatic rings. The number of nitrogens with two attached hydrogens (primary N) is 1. The van der Waals surface area contributed by atoms with Gasteiger partial charge in [-0.2, -0.15) is 0 Å². The molecule has 0 radical (unpaired) electrons. The molecule has 1 saturated heterocycles. The fourth-order valence-electron chi connectivity index (χ4n) is 2.36. The Bertz CT molecular complexity index is 431. The zero-order chi connectivity index (χ0) is 13.7. The second kappa shape index (κ2) is 6.47. The predicted molar refractivity (Wildman–Crippen MR) is 73.7 cm³/mol. The molecular weight excluding hydrogens is 242 g/mol. The van der Waals surface area contributed by atoms with Crippen LogP contribution in [0.15, 0.2) is 12.4 Å². The van der Waals surface area contributed by atoms with Gasteiger partial charge in [0.2, 0.25) is 0 Å². The summed E-state index contributed by atoms with van der Waals surface area (Å²) in [7, 11) is 0. The Hall–Kier alpha value is -1.69. The van der Waals surface area contributed by atoms with Gasteiger partial charge in [0.25, 0.3) is 5.91 Å². The molecule has 0 spiro atoms. The highest BCUT2D eigenvalue weighted by atomic mass is 16.1. The first kappa shape index (κ1) is 13.7. The Balaban J connectivity index is 1.84. The molecule has 1 amide bonds. The van der Waals surface area contributed by atoms with Crippen molar-refractivity contribution >= 4 is 11.7 Å². The summed E-state index contributed by atoms with van der Waals surface area (Å²) in [6.45, 7) is 5.13. The van der Waals surface area contributed by atoms with Crippen molar-refractivity contribution in [2.24, 2.45) is 0 Å². The lowest BCUT2D eigenvalue weighted by molar-refractivity contribution is 0.0920. The van der Waals surface area contributed by atoms with Crippen molar-refractivity contribution in [3.05, 3.63) is 18.1 Å².